The highest BCUT2D eigenvalue weighted by molar-refractivity contribution is 5.80. The van der Waals surface area contributed by atoms with E-state index in [4.69, 9.17) is 5.21 Å². The van der Waals surface area contributed by atoms with Crippen LogP contribution in [0.3, 0.4) is 0 Å². The third-order valence-corrected chi connectivity index (χ3v) is 1.29. The smallest absolute Gasteiger partial charge is 0.270 e. The summed E-state index contributed by atoms with van der Waals surface area (Å²) in [7, 11) is 0. The van der Waals surface area contributed by atoms with Crippen molar-refractivity contribution in [2.45, 2.75) is 0 Å². The van der Waals surface area contributed by atoms with E-state index < -0.39 is 4.92 Å². The molecule has 1 aromatic rings. The van der Waals surface area contributed by atoms with E-state index >= 15 is 0 Å². The van der Waals surface area contributed by atoms with E-state index in [9.17, 15) is 10.1 Å². The van der Waals surface area contributed by atoms with E-state index in [0.29, 0.717) is 5.56 Å². The van der Waals surface area contributed by atoms with Crippen LogP contribution in [0.1, 0.15) is 5.56 Å². The molecule has 5 heteroatoms. The first-order valence-electron chi connectivity index (χ1n) is 3.16. The monoisotopic (exact) mass is 166 g/mol. The molecule has 0 spiro atoms. The quantitative estimate of drug-likeness (QED) is 0.312. The molecule has 0 aliphatic carbocycles. The number of oxime groups is 1. The van der Waals surface area contributed by atoms with Gasteiger partial charge < -0.3 is 5.21 Å². The second kappa shape index (κ2) is 3.47. The summed E-state index contributed by atoms with van der Waals surface area (Å²) in [6.45, 7) is 0. The first kappa shape index (κ1) is 8.19. The zero-order chi connectivity index (χ0) is 8.97. The van der Waals surface area contributed by atoms with Crippen molar-refractivity contribution in [3.05, 3.63) is 39.9 Å². The fourth-order valence-electron chi connectivity index (χ4n) is 0.785. The van der Waals surface area contributed by atoms with Gasteiger partial charge in [0.25, 0.3) is 5.69 Å². The number of hydrogen-bond acceptors (Lipinski definition) is 4. The van der Waals surface area contributed by atoms with Crippen LogP contribution in [0.4, 0.5) is 5.69 Å². The Hall–Kier alpha value is -1.91. The molecule has 0 heterocycles. The summed E-state index contributed by atoms with van der Waals surface area (Å²) < 4.78 is 0. The van der Waals surface area contributed by atoms with Crippen LogP contribution < -0.4 is 0 Å². The molecule has 0 unspecified atom stereocenters. The van der Waals surface area contributed by atoms with Gasteiger partial charge in [-0.15, -0.1) is 0 Å². The van der Waals surface area contributed by atoms with Gasteiger partial charge in [0.2, 0.25) is 0 Å². The minimum absolute atomic E-state index is 0.0209. The predicted molar refractivity (Wildman–Crippen MR) is 42.5 cm³/mol. The van der Waals surface area contributed by atoms with E-state index in [1.165, 1.54) is 18.2 Å². The summed E-state index contributed by atoms with van der Waals surface area (Å²) in [6.07, 6.45) is 1.13. The molecule has 5 nitrogen and oxygen atoms in total. The Morgan fingerprint density at radius 3 is 2.92 bits per heavy atom. The van der Waals surface area contributed by atoms with Crippen LogP contribution in [0.2, 0.25) is 0 Å². The van der Waals surface area contributed by atoms with E-state index in [1.807, 2.05) is 0 Å². The van der Waals surface area contributed by atoms with Gasteiger partial charge in [-0.2, -0.15) is 0 Å². The number of benzene rings is 1. The van der Waals surface area contributed by atoms with Gasteiger partial charge in [-0.1, -0.05) is 17.3 Å². The molecule has 0 fully saturated rings. The van der Waals surface area contributed by atoms with Gasteiger partial charge >= 0.3 is 0 Å². The van der Waals surface area contributed by atoms with Gasteiger partial charge in [-0.3, -0.25) is 10.1 Å². The maximum absolute atomic E-state index is 10.3. The molecule has 0 aliphatic heterocycles. The maximum atomic E-state index is 10.3. The Balaban J connectivity index is 3.03. The molecule has 12 heavy (non-hydrogen) atoms. The molecule has 0 aromatic heterocycles. The van der Waals surface area contributed by atoms with Crippen molar-refractivity contribution in [2.75, 3.05) is 0 Å². The SMILES string of the molecule is O=[N+]([O-])c1cccc(/C=N\O)c1. The van der Waals surface area contributed by atoms with Crippen LogP contribution in [-0.2, 0) is 0 Å². The Morgan fingerprint density at radius 2 is 2.33 bits per heavy atom. The molecule has 1 N–H and O–H groups in total. The van der Waals surface area contributed by atoms with Crippen molar-refractivity contribution < 1.29 is 10.1 Å². The van der Waals surface area contributed by atoms with Crippen molar-refractivity contribution in [1.82, 2.24) is 0 Å². The average Bonchev–Trinajstić information content (AvgIpc) is 2.05. The summed E-state index contributed by atoms with van der Waals surface area (Å²) in [5.74, 6) is 0. The normalized spacial score (nSPS) is 10.3. The fourth-order valence-corrected chi connectivity index (χ4v) is 0.785. The minimum Gasteiger partial charge on any atom is -0.411 e. The van der Waals surface area contributed by atoms with Gasteiger partial charge in [-0.25, -0.2) is 0 Å². The Labute approximate surface area is 68.1 Å². The Kier molecular flexibility index (Phi) is 2.37. The average molecular weight is 166 g/mol. The third kappa shape index (κ3) is 1.79. The van der Waals surface area contributed by atoms with E-state index in [-0.39, 0.29) is 5.69 Å². The summed E-state index contributed by atoms with van der Waals surface area (Å²) in [5.41, 5.74) is 0.471. The maximum Gasteiger partial charge on any atom is 0.270 e. The lowest BCUT2D eigenvalue weighted by atomic mass is 10.2. The summed E-state index contributed by atoms with van der Waals surface area (Å²) in [4.78, 5) is 9.75. The summed E-state index contributed by atoms with van der Waals surface area (Å²) in [5, 5.41) is 21.2. The van der Waals surface area contributed by atoms with Gasteiger partial charge in [0.15, 0.2) is 0 Å². The van der Waals surface area contributed by atoms with E-state index in [0.717, 1.165) is 6.21 Å². The molecular weight excluding hydrogens is 160 g/mol. The van der Waals surface area contributed by atoms with Crippen LogP contribution >= 0.6 is 0 Å². The largest absolute Gasteiger partial charge is 0.411 e. The van der Waals surface area contributed by atoms with Crippen molar-refractivity contribution >= 4 is 11.9 Å². The molecular formula is C7H6N2O3. The standard InChI is InChI=1S/C7H6N2O3/c10-8-5-6-2-1-3-7(4-6)9(11)12/h1-5,10H/b8-5-. The molecule has 0 atom stereocenters. The van der Waals surface area contributed by atoms with Crippen LogP contribution in [0.15, 0.2) is 29.4 Å². The van der Waals surface area contributed by atoms with Crippen LogP contribution in [-0.4, -0.2) is 16.3 Å². The molecule has 0 radical (unpaired) electrons. The number of non-ortho nitro benzene ring substituents is 1. The molecule has 62 valence electrons. The van der Waals surface area contributed by atoms with Crippen LogP contribution in [0.25, 0.3) is 0 Å². The second-order valence-electron chi connectivity index (χ2n) is 2.10. The van der Waals surface area contributed by atoms with Gasteiger partial charge in [0, 0.05) is 17.7 Å². The van der Waals surface area contributed by atoms with E-state index in [1.54, 1.807) is 6.07 Å². The zero-order valence-corrected chi connectivity index (χ0v) is 6.04. The lowest BCUT2D eigenvalue weighted by Crippen LogP contribution is -1.89. The third-order valence-electron chi connectivity index (χ3n) is 1.29. The number of hydrogen-bond donors (Lipinski definition) is 1. The highest BCUT2D eigenvalue weighted by Gasteiger charge is 2.03. The second-order valence-corrected chi connectivity index (χ2v) is 2.10. The van der Waals surface area contributed by atoms with Crippen molar-refractivity contribution in [3.8, 4) is 0 Å². The number of rotatable bonds is 2. The molecule has 0 aliphatic rings. The number of nitro benzene ring substituents is 1. The van der Waals surface area contributed by atoms with Crippen molar-refractivity contribution in [3.63, 3.8) is 0 Å². The molecule has 0 bridgehead atoms. The Morgan fingerprint density at radius 1 is 1.58 bits per heavy atom. The lowest BCUT2D eigenvalue weighted by molar-refractivity contribution is -0.384. The predicted octanol–water partition coefficient (Wildman–Crippen LogP) is 1.40. The van der Waals surface area contributed by atoms with Gasteiger partial charge in [-0.05, 0) is 0 Å². The molecule has 0 saturated heterocycles. The fraction of sp³-hybridized carbons (Fsp3) is 0. The first-order chi connectivity index (χ1) is 5.74. The van der Waals surface area contributed by atoms with E-state index in [2.05, 4.69) is 5.16 Å². The number of nitro groups is 1. The summed E-state index contributed by atoms with van der Waals surface area (Å²) >= 11 is 0. The minimum atomic E-state index is -0.505. The van der Waals surface area contributed by atoms with Gasteiger partial charge in [0.05, 0.1) is 11.1 Å². The molecule has 1 rings (SSSR count). The topological polar surface area (TPSA) is 75.7 Å². The van der Waals surface area contributed by atoms with Crippen LogP contribution in [0.5, 0.6) is 0 Å². The lowest BCUT2D eigenvalue weighted by Gasteiger charge is -1.91. The van der Waals surface area contributed by atoms with Crippen LogP contribution in [0, 0.1) is 10.1 Å². The van der Waals surface area contributed by atoms with Gasteiger partial charge in [0.1, 0.15) is 0 Å². The molecule has 0 saturated carbocycles. The highest BCUT2D eigenvalue weighted by Crippen LogP contribution is 2.11. The zero-order valence-electron chi connectivity index (χ0n) is 6.04. The van der Waals surface area contributed by atoms with Crippen molar-refractivity contribution in [2.24, 2.45) is 5.16 Å². The first-order valence-corrected chi connectivity index (χ1v) is 3.16. The number of nitrogens with zero attached hydrogens (tertiary/aromatic N) is 2. The molecule has 1 aromatic carbocycles. The van der Waals surface area contributed by atoms with Crippen molar-refractivity contribution in [1.29, 1.82) is 0 Å². The summed E-state index contributed by atoms with van der Waals surface area (Å²) in [6, 6.07) is 5.82. The Bertz CT molecular complexity index is 322. The molecule has 0 amide bonds. The highest BCUT2D eigenvalue weighted by atomic mass is 16.6.